The minimum Gasteiger partial charge on any atom is -0.493 e. The average Bonchev–Trinajstić information content (AvgIpc) is 2.56. The molecule has 3 N–H and O–H groups in total. The molecule has 5 nitrogen and oxygen atoms in total. The molecule has 2 rings (SSSR count). The highest BCUT2D eigenvalue weighted by atomic mass is 127. The van der Waals surface area contributed by atoms with Crippen LogP contribution in [0.1, 0.15) is 5.56 Å². The highest BCUT2D eigenvalue weighted by molar-refractivity contribution is 14.0. The molecule has 0 amide bonds. The summed E-state index contributed by atoms with van der Waals surface area (Å²) in [6, 6.07) is 12.0. The molecule has 0 unspecified atom stereocenters. The van der Waals surface area contributed by atoms with Crippen LogP contribution >= 0.6 is 24.0 Å². The second kappa shape index (κ2) is 9.96. The molecule has 0 spiro atoms. The molecule has 0 aliphatic heterocycles. The van der Waals surface area contributed by atoms with Gasteiger partial charge in [-0.1, -0.05) is 18.2 Å². The standard InChI is InChI=1S/C17H20FN3O2.HI/c1-22-15-8-7-13(11-16(15)23-2)21-17(19)20-10-9-12-5-3-4-6-14(12)18;/h3-8,11H,9-10H2,1-2H3,(H3,19,20,21);1H. The Balaban J connectivity index is 0.00000288. The van der Waals surface area contributed by atoms with Gasteiger partial charge in [0.25, 0.3) is 0 Å². The number of aliphatic imine (C=N–C) groups is 1. The van der Waals surface area contributed by atoms with Gasteiger partial charge >= 0.3 is 0 Å². The predicted octanol–water partition coefficient (Wildman–Crippen LogP) is 3.43. The number of hydrogen-bond acceptors (Lipinski definition) is 3. The van der Waals surface area contributed by atoms with Crippen molar-refractivity contribution in [3.05, 3.63) is 53.8 Å². The molecule has 0 aromatic heterocycles. The third-order valence-electron chi connectivity index (χ3n) is 3.28. The first-order valence-corrected chi connectivity index (χ1v) is 7.16. The van der Waals surface area contributed by atoms with Crippen molar-refractivity contribution in [2.75, 3.05) is 26.1 Å². The molecule has 2 aromatic carbocycles. The number of methoxy groups -OCH3 is 2. The Morgan fingerprint density at radius 2 is 1.83 bits per heavy atom. The predicted molar refractivity (Wildman–Crippen MR) is 105 cm³/mol. The van der Waals surface area contributed by atoms with E-state index in [-0.39, 0.29) is 35.8 Å². The summed E-state index contributed by atoms with van der Waals surface area (Å²) >= 11 is 0. The largest absolute Gasteiger partial charge is 0.493 e. The Hall–Kier alpha value is -2.03. The molecule has 0 saturated heterocycles. The lowest BCUT2D eigenvalue weighted by Gasteiger charge is -2.11. The van der Waals surface area contributed by atoms with Crippen LogP contribution < -0.4 is 20.5 Å². The lowest BCUT2D eigenvalue weighted by molar-refractivity contribution is 0.355. The Labute approximate surface area is 158 Å². The third-order valence-corrected chi connectivity index (χ3v) is 3.28. The highest BCUT2D eigenvalue weighted by Crippen LogP contribution is 2.29. The molecule has 0 heterocycles. The molecule has 2 aromatic rings. The molecular formula is C17H21FIN3O2. The normalized spacial score (nSPS) is 10.7. The van der Waals surface area contributed by atoms with Crippen molar-refractivity contribution in [3.63, 3.8) is 0 Å². The average molecular weight is 445 g/mol. The van der Waals surface area contributed by atoms with Crippen molar-refractivity contribution >= 4 is 35.6 Å². The van der Waals surface area contributed by atoms with E-state index in [2.05, 4.69) is 10.3 Å². The lowest BCUT2D eigenvalue weighted by Crippen LogP contribution is -2.23. The zero-order valence-electron chi connectivity index (χ0n) is 13.6. The Morgan fingerprint density at radius 3 is 2.50 bits per heavy atom. The van der Waals surface area contributed by atoms with Gasteiger partial charge in [-0.3, -0.25) is 4.99 Å². The molecule has 0 fully saturated rings. The summed E-state index contributed by atoms with van der Waals surface area (Å²) in [5.41, 5.74) is 7.19. The van der Waals surface area contributed by atoms with Gasteiger partial charge in [-0.25, -0.2) is 4.39 Å². The molecule has 0 bridgehead atoms. The van der Waals surface area contributed by atoms with Crippen molar-refractivity contribution < 1.29 is 13.9 Å². The first-order chi connectivity index (χ1) is 11.1. The van der Waals surface area contributed by atoms with Crippen molar-refractivity contribution in [2.24, 2.45) is 10.7 Å². The number of ether oxygens (including phenoxy) is 2. The Morgan fingerprint density at radius 1 is 1.12 bits per heavy atom. The Kier molecular flexibility index (Phi) is 8.31. The number of guanidine groups is 1. The number of nitrogens with one attached hydrogen (secondary N) is 1. The van der Waals surface area contributed by atoms with Crippen molar-refractivity contribution in [1.82, 2.24) is 0 Å². The molecule has 130 valence electrons. The van der Waals surface area contributed by atoms with Crippen LogP contribution in [-0.4, -0.2) is 26.7 Å². The monoisotopic (exact) mass is 445 g/mol. The molecule has 24 heavy (non-hydrogen) atoms. The van der Waals surface area contributed by atoms with Crippen LogP contribution in [0.4, 0.5) is 10.1 Å². The molecule has 0 atom stereocenters. The number of rotatable bonds is 6. The fraction of sp³-hybridized carbons (Fsp3) is 0.235. The zero-order chi connectivity index (χ0) is 16.7. The van der Waals surface area contributed by atoms with E-state index in [0.29, 0.717) is 30.0 Å². The van der Waals surface area contributed by atoms with E-state index in [9.17, 15) is 4.39 Å². The summed E-state index contributed by atoms with van der Waals surface area (Å²) in [6.07, 6.45) is 0.487. The minimum atomic E-state index is -0.228. The molecular weight excluding hydrogens is 424 g/mol. The van der Waals surface area contributed by atoms with Gasteiger partial charge in [-0.15, -0.1) is 24.0 Å². The fourth-order valence-corrected chi connectivity index (χ4v) is 2.10. The topological polar surface area (TPSA) is 68.9 Å². The van der Waals surface area contributed by atoms with Crippen LogP contribution in [0.15, 0.2) is 47.5 Å². The molecule has 0 saturated carbocycles. The maximum atomic E-state index is 13.5. The smallest absolute Gasteiger partial charge is 0.193 e. The molecule has 0 aliphatic carbocycles. The lowest BCUT2D eigenvalue weighted by atomic mass is 10.1. The van der Waals surface area contributed by atoms with E-state index >= 15 is 0 Å². The second-order valence-electron chi connectivity index (χ2n) is 4.80. The van der Waals surface area contributed by atoms with Crippen LogP contribution in [-0.2, 0) is 6.42 Å². The van der Waals surface area contributed by atoms with Crippen LogP contribution in [0.2, 0.25) is 0 Å². The first kappa shape index (κ1) is 20.0. The first-order valence-electron chi connectivity index (χ1n) is 7.16. The minimum absolute atomic E-state index is 0. The van der Waals surface area contributed by atoms with Crippen LogP contribution in [0.3, 0.4) is 0 Å². The fourth-order valence-electron chi connectivity index (χ4n) is 2.10. The van der Waals surface area contributed by atoms with Gasteiger partial charge in [0.1, 0.15) is 5.82 Å². The van der Waals surface area contributed by atoms with Crippen molar-refractivity contribution in [2.45, 2.75) is 6.42 Å². The van der Waals surface area contributed by atoms with Crippen molar-refractivity contribution in [1.29, 1.82) is 0 Å². The number of halogens is 2. The SMILES string of the molecule is COc1ccc(NC(N)=NCCc2ccccc2F)cc1OC.I. The maximum absolute atomic E-state index is 13.5. The van der Waals surface area contributed by atoms with E-state index in [1.165, 1.54) is 6.07 Å². The van der Waals surface area contributed by atoms with Gasteiger partial charge in [0.2, 0.25) is 0 Å². The van der Waals surface area contributed by atoms with Gasteiger partial charge in [0.05, 0.1) is 14.2 Å². The van der Waals surface area contributed by atoms with Gasteiger partial charge in [-0.05, 0) is 30.2 Å². The number of benzene rings is 2. The maximum Gasteiger partial charge on any atom is 0.193 e. The summed E-state index contributed by atoms with van der Waals surface area (Å²) in [4.78, 5) is 4.20. The summed E-state index contributed by atoms with van der Waals surface area (Å²) < 4.78 is 23.9. The van der Waals surface area contributed by atoms with E-state index in [1.807, 2.05) is 0 Å². The number of anilines is 1. The molecule has 0 radical (unpaired) electrons. The van der Waals surface area contributed by atoms with E-state index in [0.717, 1.165) is 5.69 Å². The van der Waals surface area contributed by atoms with Gasteiger partial charge in [-0.2, -0.15) is 0 Å². The number of hydrogen-bond donors (Lipinski definition) is 2. The van der Waals surface area contributed by atoms with Crippen LogP contribution in [0.25, 0.3) is 0 Å². The van der Waals surface area contributed by atoms with Gasteiger partial charge in [0, 0.05) is 18.3 Å². The summed E-state index contributed by atoms with van der Waals surface area (Å²) in [5.74, 6) is 1.26. The third kappa shape index (κ3) is 5.55. The molecule has 0 aliphatic rings. The number of nitrogens with two attached hydrogens (primary N) is 1. The summed E-state index contributed by atoms with van der Waals surface area (Å²) in [5, 5.41) is 2.97. The summed E-state index contributed by atoms with van der Waals surface area (Å²) in [6.45, 7) is 0.396. The van der Waals surface area contributed by atoms with E-state index in [4.69, 9.17) is 15.2 Å². The quantitative estimate of drug-likeness (QED) is 0.406. The van der Waals surface area contributed by atoms with Crippen molar-refractivity contribution in [3.8, 4) is 11.5 Å². The van der Waals surface area contributed by atoms with Gasteiger partial charge < -0.3 is 20.5 Å². The van der Waals surface area contributed by atoms with Crippen LogP contribution in [0, 0.1) is 5.82 Å². The zero-order valence-corrected chi connectivity index (χ0v) is 15.9. The summed E-state index contributed by atoms with van der Waals surface area (Å²) in [7, 11) is 3.14. The van der Waals surface area contributed by atoms with E-state index < -0.39 is 0 Å². The molecule has 7 heteroatoms. The number of nitrogens with zero attached hydrogens (tertiary/aromatic N) is 1. The second-order valence-corrected chi connectivity index (χ2v) is 4.80. The highest BCUT2D eigenvalue weighted by Gasteiger charge is 2.05. The Bertz CT molecular complexity index is 695. The van der Waals surface area contributed by atoms with Crippen LogP contribution in [0.5, 0.6) is 11.5 Å². The van der Waals surface area contributed by atoms with Gasteiger partial charge in [0.15, 0.2) is 17.5 Å². The van der Waals surface area contributed by atoms with E-state index in [1.54, 1.807) is 50.6 Å².